The van der Waals surface area contributed by atoms with E-state index in [4.69, 9.17) is 4.74 Å². The molecule has 2 aromatic heterocycles. The van der Waals surface area contributed by atoms with E-state index in [0.717, 1.165) is 16.7 Å². The predicted molar refractivity (Wildman–Crippen MR) is 69.0 cm³/mol. The number of benzene rings is 1. The van der Waals surface area contributed by atoms with Crippen molar-refractivity contribution in [2.75, 3.05) is 7.11 Å². The van der Waals surface area contributed by atoms with Crippen LogP contribution in [0.15, 0.2) is 30.5 Å². The minimum absolute atomic E-state index is 0.641. The number of aromatic amines is 1. The van der Waals surface area contributed by atoms with E-state index in [1.807, 2.05) is 13.1 Å². The third-order valence-corrected chi connectivity index (χ3v) is 3.09. The molecule has 0 unspecified atom stereocenters. The van der Waals surface area contributed by atoms with Gasteiger partial charge in [0, 0.05) is 29.6 Å². The van der Waals surface area contributed by atoms with Crippen LogP contribution in [0.25, 0.3) is 21.8 Å². The molecule has 0 bridgehead atoms. The van der Waals surface area contributed by atoms with Crippen LogP contribution in [0.4, 0.5) is 0 Å². The van der Waals surface area contributed by atoms with Crippen molar-refractivity contribution in [1.29, 1.82) is 0 Å². The monoisotopic (exact) mass is 226 g/mol. The molecule has 0 fully saturated rings. The summed E-state index contributed by atoms with van der Waals surface area (Å²) in [6.45, 7) is 2.66. The lowest BCUT2D eigenvalue weighted by molar-refractivity contribution is 0.185. The maximum Gasteiger partial charge on any atom is 0.0713 e. The number of hydrogen-bond acceptors (Lipinski definition) is 2. The van der Waals surface area contributed by atoms with Crippen molar-refractivity contribution in [2.45, 2.75) is 13.5 Å². The number of aromatic nitrogens is 2. The summed E-state index contributed by atoms with van der Waals surface area (Å²) in [5.41, 5.74) is 4.48. The first-order valence-electron chi connectivity index (χ1n) is 5.64. The Morgan fingerprint density at radius 3 is 2.94 bits per heavy atom. The van der Waals surface area contributed by atoms with E-state index in [1.54, 1.807) is 7.11 Å². The zero-order valence-electron chi connectivity index (χ0n) is 9.95. The largest absolute Gasteiger partial charge is 0.380 e. The Morgan fingerprint density at radius 2 is 2.12 bits per heavy atom. The van der Waals surface area contributed by atoms with Crippen molar-refractivity contribution in [1.82, 2.24) is 9.97 Å². The molecule has 2 heterocycles. The zero-order valence-corrected chi connectivity index (χ0v) is 9.95. The first-order chi connectivity index (χ1) is 8.29. The van der Waals surface area contributed by atoms with Gasteiger partial charge in [-0.2, -0.15) is 0 Å². The van der Waals surface area contributed by atoms with Gasteiger partial charge in [0.25, 0.3) is 0 Å². The van der Waals surface area contributed by atoms with E-state index in [-0.39, 0.29) is 0 Å². The van der Waals surface area contributed by atoms with Gasteiger partial charge >= 0.3 is 0 Å². The van der Waals surface area contributed by atoms with Gasteiger partial charge < -0.3 is 9.72 Å². The number of pyridine rings is 1. The van der Waals surface area contributed by atoms with Gasteiger partial charge in [-0.25, -0.2) is 0 Å². The molecule has 17 heavy (non-hydrogen) atoms. The van der Waals surface area contributed by atoms with Crippen LogP contribution >= 0.6 is 0 Å². The highest BCUT2D eigenvalue weighted by Gasteiger charge is 2.06. The standard InChI is InChI=1S/C14H14N2O/c1-9-14-12(5-6-15-9)11-4-3-10(8-17-2)7-13(11)16-14/h3-7,16H,8H2,1-2H3. The van der Waals surface area contributed by atoms with Crippen LogP contribution in [0.5, 0.6) is 0 Å². The summed E-state index contributed by atoms with van der Waals surface area (Å²) in [5, 5.41) is 2.47. The van der Waals surface area contributed by atoms with E-state index < -0.39 is 0 Å². The third-order valence-electron chi connectivity index (χ3n) is 3.09. The Kier molecular flexibility index (Phi) is 2.34. The molecule has 3 rings (SSSR count). The summed E-state index contributed by atoms with van der Waals surface area (Å²) in [7, 11) is 1.71. The normalized spacial score (nSPS) is 11.4. The van der Waals surface area contributed by atoms with Crippen LogP contribution in [0.1, 0.15) is 11.3 Å². The van der Waals surface area contributed by atoms with Gasteiger partial charge in [0.15, 0.2) is 0 Å². The molecule has 0 radical (unpaired) electrons. The average molecular weight is 226 g/mol. The minimum atomic E-state index is 0.641. The second kappa shape index (κ2) is 3.86. The van der Waals surface area contributed by atoms with E-state index in [2.05, 4.69) is 34.2 Å². The highest BCUT2D eigenvalue weighted by molar-refractivity contribution is 6.07. The summed E-state index contributed by atoms with van der Waals surface area (Å²) in [6, 6.07) is 8.44. The number of ether oxygens (including phenoxy) is 1. The second-order valence-corrected chi connectivity index (χ2v) is 4.26. The van der Waals surface area contributed by atoms with Gasteiger partial charge in [0.2, 0.25) is 0 Å². The van der Waals surface area contributed by atoms with Gasteiger partial charge in [-0.15, -0.1) is 0 Å². The molecule has 0 aliphatic heterocycles. The molecule has 86 valence electrons. The van der Waals surface area contributed by atoms with Crippen molar-refractivity contribution in [3.8, 4) is 0 Å². The van der Waals surface area contributed by atoms with Crippen molar-refractivity contribution >= 4 is 21.8 Å². The number of fused-ring (bicyclic) bond motifs is 3. The van der Waals surface area contributed by atoms with Gasteiger partial charge in [-0.05, 0) is 24.6 Å². The predicted octanol–water partition coefficient (Wildman–Crippen LogP) is 3.17. The fourth-order valence-corrected chi connectivity index (χ4v) is 2.27. The molecule has 1 aromatic carbocycles. The van der Waals surface area contributed by atoms with Crippen LogP contribution in [0.2, 0.25) is 0 Å². The van der Waals surface area contributed by atoms with E-state index in [0.29, 0.717) is 6.61 Å². The Hall–Kier alpha value is -1.87. The molecule has 0 aliphatic carbocycles. The van der Waals surface area contributed by atoms with Gasteiger partial charge in [0.05, 0.1) is 17.8 Å². The topological polar surface area (TPSA) is 37.9 Å². The van der Waals surface area contributed by atoms with E-state index in [1.165, 1.54) is 16.3 Å². The van der Waals surface area contributed by atoms with Gasteiger partial charge in [0.1, 0.15) is 0 Å². The second-order valence-electron chi connectivity index (χ2n) is 4.26. The zero-order chi connectivity index (χ0) is 11.8. The highest BCUT2D eigenvalue weighted by Crippen LogP contribution is 2.27. The summed E-state index contributed by atoms with van der Waals surface area (Å²) in [5.74, 6) is 0. The van der Waals surface area contributed by atoms with E-state index >= 15 is 0 Å². The van der Waals surface area contributed by atoms with Crippen molar-refractivity contribution < 1.29 is 4.74 Å². The number of aryl methyl sites for hydroxylation is 1. The molecule has 0 saturated carbocycles. The van der Waals surface area contributed by atoms with Crippen LogP contribution in [0, 0.1) is 6.92 Å². The lowest BCUT2D eigenvalue weighted by atomic mass is 10.1. The summed E-state index contributed by atoms with van der Waals surface area (Å²) >= 11 is 0. The van der Waals surface area contributed by atoms with E-state index in [9.17, 15) is 0 Å². The first kappa shape index (κ1) is 10.3. The molecule has 0 aliphatic rings. The Balaban J connectivity index is 2.31. The van der Waals surface area contributed by atoms with Crippen LogP contribution in [0.3, 0.4) is 0 Å². The average Bonchev–Trinajstić information content (AvgIpc) is 2.69. The summed E-state index contributed by atoms with van der Waals surface area (Å²) in [4.78, 5) is 7.73. The number of nitrogens with zero attached hydrogens (tertiary/aromatic N) is 1. The first-order valence-corrected chi connectivity index (χ1v) is 5.64. The molecule has 1 N–H and O–H groups in total. The smallest absolute Gasteiger partial charge is 0.0713 e. The van der Waals surface area contributed by atoms with Crippen molar-refractivity contribution in [3.05, 3.63) is 41.7 Å². The van der Waals surface area contributed by atoms with Crippen LogP contribution in [-0.4, -0.2) is 17.1 Å². The number of H-pyrrole nitrogens is 1. The summed E-state index contributed by atoms with van der Waals surface area (Å²) in [6.07, 6.45) is 1.86. The third kappa shape index (κ3) is 1.59. The number of methoxy groups -OCH3 is 1. The van der Waals surface area contributed by atoms with Gasteiger partial charge in [-0.1, -0.05) is 12.1 Å². The maximum absolute atomic E-state index is 5.15. The molecule has 0 amide bonds. The lowest BCUT2D eigenvalue weighted by Crippen LogP contribution is -1.86. The van der Waals surface area contributed by atoms with Crippen LogP contribution in [-0.2, 0) is 11.3 Å². The molecular weight excluding hydrogens is 212 g/mol. The molecule has 3 heteroatoms. The molecule has 0 atom stereocenters. The molecule has 0 spiro atoms. The molecule has 0 saturated heterocycles. The van der Waals surface area contributed by atoms with Crippen LogP contribution < -0.4 is 0 Å². The Bertz CT molecular complexity index is 685. The highest BCUT2D eigenvalue weighted by atomic mass is 16.5. The molecule has 3 aromatic rings. The minimum Gasteiger partial charge on any atom is -0.380 e. The quantitative estimate of drug-likeness (QED) is 0.728. The van der Waals surface area contributed by atoms with Gasteiger partial charge in [-0.3, -0.25) is 4.98 Å². The Labute approximate surface area is 99.4 Å². The number of rotatable bonds is 2. The Morgan fingerprint density at radius 1 is 1.24 bits per heavy atom. The lowest BCUT2D eigenvalue weighted by Gasteiger charge is -1.99. The van der Waals surface area contributed by atoms with Crippen molar-refractivity contribution in [2.24, 2.45) is 0 Å². The SMILES string of the molecule is COCc1ccc2c(c1)[nH]c1c(C)nccc12. The fraction of sp³-hybridized carbons (Fsp3) is 0.214. The fourth-order valence-electron chi connectivity index (χ4n) is 2.27. The maximum atomic E-state index is 5.15. The molecular formula is C14H14N2O. The van der Waals surface area contributed by atoms with Crippen molar-refractivity contribution in [3.63, 3.8) is 0 Å². The molecule has 3 nitrogen and oxygen atoms in total. The number of nitrogens with one attached hydrogen (secondary N) is 1. The summed E-state index contributed by atoms with van der Waals surface area (Å²) < 4.78 is 5.15. The number of hydrogen-bond donors (Lipinski definition) is 1.